The number of nitrogens with zero attached hydrogens (tertiary/aromatic N) is 3. The number of benzene rings is 1. The fourth-order valence-electron chi connectivity index (χ4n) is 2.97. The zero-order valence-corrected chi connectivity index (χ0v) is 18.2. The molecule has 0 aliphatic carbocycles. The number of guanidine groups is 1. The van der Waals surface area contributed by atoms with Crippen molar-refractivity contribution in [2.24, 2.45) is 4.99 Å². The molecule has 29 heavy (non-hydrogen) atoms. The first-order chi connectivity index (χ1) is 14.0. The van der Waals surface area contributed by atoms with Crippen molar-refractivity contribution >= 4 is 11.9 Å². The minimum atomic E-state index is 0.000679. The number of aryl methyl sites for hydroxylation is 1. The number of morpholine rings is 1. The second-order valence-electron chi connectivity index (χ2n) is 7.36. The topological polar surface area (TPSA) is 78.4 Å². The highest BCUT2D eigenvalue weighted by Gasteiger charge is 2.10. The first-order valence-corrected chi connectivity index (χ1v) is 10.2. The highest BCUT2D eigenvalue weighted by atomic mass is 16.5. The second kappa shape index (κ2) is 12.3. The standard InChI is InChI=1S/C21H35N5O3/c1-17-6-7-18(19(14-17)28-4)15-23-21(24-16-20(27)25(2)3)22-8-5-9-26-10-12-29-13-11-26/h6-7,14H,5,8-13,15-16H2,1-4H3,(H2,22,23,24). The molecular formula is C21H35N5O3. The molecule has 1 heterocycles. The van der Waals surface area contributed by atoms with E-state index in [0.29, 0.717) is 12.5 Å². The molecule has 1 aromatic rings. The molecule has 1 fully saturated rings. The van der Waals surface area contributed by atoms with Gasteiger partial charge in [-0.1, -0.05) is 12.1 Å². The van der Waals surface area contributed by atoms with E-state index >= 15 is 0 Å². The lowest BCUT2D eigenvalue weighted by Gasteiger charge is -2.26. The molecular weight excluding hydrogens is 370 g/mol. The number of rotatable bonds is 9. The number of hydrogen-bond acceptors (Lipinski definition) is 5. The molecule has 0 saturated carbocycles. The molecule has 1 aliphatic heterocycles. The van der Waals surface area contributed by atoms with Crippen molar-refractivity contribution in [3.63, 3.8) is 0 Å². The Morgan fingerprint density at radius 2 is 2.03 bits per heavy atom. The molecule has 1 aromatic carbocycles. The van der Waals surface area contributed by atoms with E-state index in [4.69, 9.17) is 9.47 Å². The first kappa shape index (κ1) is 23.0. The van der Waals surface area contributed by atoms with E-state index in [-0.39, 0.29) is 12.5 Å². The Labute approximate surface area is 174 Å². The van der Waals surface area contributed by atoms with Gasteiger partial charge in [0.05, 0.1) is 33.4 Å². The van der Waals surface area contributed by atoms with Crippen LogP contribution in [0.2, 0.25) is 0 Å². The fourth-order valence-corrected chi connectivity index (χ4v) is 2.97. The summed E-state index contributed by atoms with van der Waals surface area (Å²) in [6.07, 6.45) is 0.996. The maximum absolute atomic E-state index is 11.9. The Balaban J connectivity index is 1.92. The molecule has 1 saturated heterocycles. The normalized spacial score (nSPS) is 15.1. The van der Waals surface area contributed by atoms with Gasteiger partial charge in [0, 0.05) is 39.3 Å². The molecule has 2 rings (SSSR count). The number of carbonyl (C=O) groups is 1. The van der Waals surface area contributed by atoms with Gasteiger partial charge in [0.2, 0.25) is 5.91 Å². The van der Waals surface area contributed by atoms with Crippen LogP contribution in [-0.2, 0) is 16.1 Å². The molecule has 0 aromatic heterocycles. The fraction of sp³-hybridized carbons (Fsp3) is 0.619. The quantitative estimate of drug-likeness (QED) is 0.360. The summed E-state index contributed by atoms with van der Waals surface area (Å²) < 4.78 is 10.9. The largest absolute Gasteiger partial charge is 0.496 e. The van der Waals surface area contributed by atoms with E-state index in [1.165, 1.54) is 0 Å². The Morgan fingerprint density at radius 1 is 1.28 bits per heavy atom. The maximum atomic E-state index is 11.9. The summed E-state index contributed by atoms with van der Waals surface area (Å²) in [6.45, 7) is 8.11. The van der Waals surface area contributed by atoms with Gasteiger partial charge in [-0.3, -0.25) is 9.69 Å². The number of amides is 1. The monoisotopic (exact) mass is 405 g/mol. The summed E-state index contributed by atoms with van der Waals surface area (Å²) >= 11 is 0. The number of likely N-dealkylation sites (N-methyl/N-ethyl adjacent to an activating group) is 1. The van der Waals surface area contributed by atoms with Gasteiger partial charge in [0.15, 0.2) is 5.96 Å². The third-order valence-electron chi connectivity index (χ3n) is 4.80. The number of ether oxygens (including phenoxy) is 2. The molecule has 0 radical (unpaired) electrons. The van der Waals surface area contributed by atoms with Crippen molar-refractivity contribution in [2.45, 2.75) is 19.9 Å². The average molecular weight is 406 g/mol. The van der Waals surface area contributed by atoms with E-state index in [2.05, 4.69) is 20.5 Å². The lowest BCUT2D eigenvalue weighted by atomic mass is 10.1. The molecule has 2 N–H and O–H groups in total. The van der Waals surface area contributed by atoms with Crippen LogP contribution < -0.4 is 15.4 Å². The summed E-state index contributed by atoms with van der Waals surface area (Å²) in [4.78, 5) is 20.6. The summed E-state index contributed by atoms with van der Waals surface area (Å²) in [5.41, 5.74) is 2.15. The highest BCUT2D eigenvalue weighted by molar-refractivity contribution is 5.86. The van der Waals surface area contributed by atoms with Crippen molar-refractivity contribution in [3.05, 3.63) is 29.3 Å². The van der Waals surface area contributed by atoms with Gasteiger partial charge in [0.25, 0.3) is 0 Å². The second-order valence-corrected chi connectivity index (χ2v) is 7.36. The van der Waals surface area contributed by atoms with E-state index < -0.39 is 0 Å². The van der Waals surface area contributed by atoms with Crippen LogP contribution in [0.1, 0.15) is 17.5 Å². The SMILES string of the molecule is COc1cc(C)ccc1CN=C(NCCCN1CCOCC1)NCC(=O)N(C)C. The third kappa shape index (κ3) is 8.29. The zero-order chi connectivity index (χ0) is 21.1. The number of carbonyl (C=O) groups excluding carboxylic acids is 1. The summed E-state index contributed by atoms with van der Waals surface area (Å²) in [5.74, 6) is 1.45. The van der Waals surface area contributed by atoms with Crippen LogP contribution in [-0.4, -0.2) is 88.8 Å². The van der Waals surface area contributed by atoms with Crippen molar-refractivity contribution in [3.8, 4) is 5.75 Å². The molecule has 8 nitrogen and oxygen atoms in total. The van der Waals surface area contributed by atoms with E-state index in [0.717, 1.165) is 62.7 Å². The van der Waals surface area contributed by atoms with E-state index in [1.807, 2.05) is 25.1 Å². The molecule has 8 heteroatoms. The van der Waals surface area contributed by atoms with Crippen LogP contribution in [0, 0.1) is 6.92 Å². The Bertz CT molecular complexity index is 672. The van der Waals surface area contributed by atoms with Crippen LogP contribution in [0.3, 0.4) is 0 Å². The van der Waals surface area contributed by atoms with E-state index in [9.17, 15) is 4.79 Å². The van der Waals surface area contributed by atoms with Crippen molar-refractivity contribution in [2.75, 3.05) is 67.1 Å². The van der Waals surface area contributed by atoms with E-state index in [1.54, 1.807) is 26.1 Å². The van der Waals surface area contributed by atoms with Gasteiger partial charge >= 0.3 is 0 Å². The molecule has 0 atom stereocenters. The van der Waals surface area contributed by atoms with Gasteiger partial charge < -0.3 is 25.0 Å². The summed E-state index contributed by atoms with van der Waals surface area (Å²) in [5, 5.41) is 6.47. The maximum Gasteiger partial charge on any atom is 0.241 e. The first-order valence-electron chi connectivity index (χ1n) is 10.2. The lowest BCUT2D eigenvalue weighted by molar-refractivity contribution is -0.127. The highest BCUT2D eigenvalue weighted by Crippen LogP contribution is 2.20. The van der Waals surface area contributed by atoms with Crippen LogP contribution in [0.5, 0.6) is 5.75 Å². The van der Waals surface area contributed by atoms with Gasteiger partial charge in [-0.25, -0.2) is 4.99 Å². The molecule has 0 unspecified atom stereocenters. The van der Waals surface area contributed by atoms with Crippen LogP contribution in [0.4, 0.5) is 0 Å². The lowest BCUT2D eigenvalue weighted by Crippen LogP contribution is -2.44. The molecule has 0 bridgehead atoms. The minimum absolute atomic E-state index is 0.000679. The molecule has 1 amide bonds. The zero-order valence-electron chi connectivity index (χ0n) is 18.2. The molecule has 0 spiro atoms. The Kier molecular flexibility index (Phi) is 9.73. The Morgan fingerprint density at radius 3 is 2.72 bits per heavy atom. The molecule has 162 valence electrons. The van der Waals surface area contributed by atoms with Crippen molar-refractivity contribution in [1.29, 1.82) is 0 Å². The summed E-state index contributed by atoms with van der Waals surface area (Å²) in [6, 6.07) is 6.08. The number of hydrogen-bond donors (Lipinski definition) is 2. The van der Waals surface area contributed by atoms with Crippen molar-refractivity contribution < 1.29 is 14.3 Å². The molecule has 1 aliphatic rings. The average Bonchev–Trinajstić information content (AvgIpc) is 2.73. The predicted molar refractivity (Wildman–Crippen MR) is 115 cm³/mol. The third-order valence-corrected chi connectivity index (χ3v) is 4.80. The summed E-state index contributed by atoms with van der Waals surface area (Å²) in [7, 11) is 5.16. The van der Waals surface area contributed by atoms with Gasteiger partial charge in [-0.15, -0.1) is 0 Å². The number of methoxy groups -OCH3 is 1. The van der Waals surface area contributed by atoms with Gasteiger partial charge in [-0.2, -0.15) is 0 Å². The van der Waals surface area contributed by atoms with Crippen LogP contribution >= 0.6 is 0 Å². The predicted octanol–water partition coefficient (Wildman–Crippen LogP) is 0.849. The van der Waals surface area contributed by atoms with Crippen LogP contribution in [0.15, 0.2) is 23.2 Å². The smallest absolute Gasteiger partial charge is 0.241 e. The Hall–Kier alpha value is -2.32. The van der Waals surface area contributed by atoms with Crippen LogP contribution in [0.25, 0.3) is 0 Å². The number of aliphatic imine (C=N–C) groups is 1. The van der Waals surface area contributed by atoms with Crippen molar-refractivity contribution in [1.82, 2.24) is 20.4 Å². The minimum Gasteiger partial charge on any atom is -0.496 e. The van der Waals surface area contributed by atoms with Gasteiger partial charge in [-0.05, 0) is 31.5 Å². The number of nitrogens with one attached hydrogen (secondary N) is 2. The van der Waals surface area contributed by atoms with Gasteiger partial charge in [0.1, 0.15) is 5.75 Å².